The molecule has 5 heteroatoms. The number of esters is 1. The monoisotopic (exact) mass is 358 g/mol. The highest BCUT2D eigenvalue weighted by Gasteiger charge is 2.23. The molecule has 25 heavy (non-hydrogen) atoms. The Hall–Kier alpha value is -2.27. The van der Waals surface area contributed by atoms with Crippen LogP contribution in [-0.2, 0) is 9.53 Å². The number of carbonyl (C=O) groups excluding carboxylic acids is 2. The van der Waals surface area contributed by atoms with Gasteiger partial charge in [0.15, 0.2) is 5.78 Å². The number of rotatable bonds is 9. The molecule has 4 nitrogen and oxygen atoms in total. The predicted octanol–water partition coefficient (Wildman–Crippen LogP) is 4.74. The molecule has 0 radical (unpaired) electrons. The molecule has 0 fully saturated rings. The number of ether oxygens (including phenoxy) is 2. The maximum Gasteiger partial charge on any atom is 0.319 e. The fourth-order valence-corrected chi connectivity index (χ4v) is 3.14. The molecule has 0 amide bonds. The minimum atomic E-state index is -0.460. The summed E-state index contributed by atoms with van der Waals surface area (Å²) in [5, 5.41) is -0.460. The molecular weight excluding hydrogens is 336 g/mol. The number of ketones is 1. The summed E-state index contributed by atoms with van der Waals surface area (Å²) < 4.78 is 10.8. The zero-order valence-electron chi connectivity index (χ0n) is 14.4. The van der Waals surface area contributed by atoms with Crippen molar-refractivity contribution in [3.63, 3.8) is 0 Å². The summed E-state index contributed by atoms with van der Waals surface area (Å²) >= 11 is 1.43. The molecule has 1 atom stereocenters. The Kier molecular flexibility index (Phi) is 7.54. The first kappa shape index (κ1) is 19.1. The molecule has 0 bridgehead atoms. The van der Waals surface area contributed by atoms with Crippen LogP contribution in [0, 0.1) is 0 Å². The van der Waals surface area contributed by atoms with Crippen molar-refractivity contribution in [2.45, 2.75) is 25.5 Å². The highest BCUT2D eigenvalue weighted by Crippen LogP contribution is 2.23. The lowest BCUT2D eigenvalue weighted by Crippen LogP contribution is -2.24. The van der Waals surface area contributed by atoms with E-state index in [2.05, 4.69) is 0 Å². The van der Waals surface area contributed by atoms with Gasteiger partial charge in [0, 0.05) is 12.0 Å². The van der Waals surface area contributed by atoms with Gasteiger partial charge in [0.1, 0.15) is 16.7 Å². The largest absolute Gasteiger partial charge is 0.465 e. The molecule has 0 aromatic heterocycles. The smallest absolute Gasteiger partial charge is 0.319 e. The fraction of sp³-hybridized carbons (Fsp3) is 0.300. The first-order valence-corrected chi connectivity index (χ1v) is 9.33. The lowest BCUT2D eigenvalue weighted by molar-refractivity contribution is -0.142. The van der Waals surface area contributed by atoms with Gasteiger partial charge in [-0.1, -0.05) is 25.1 Å². The van der Waals surface area contributed by atoms with Gasteiger partial charge in [0.2, 0.25) is 0 Å². The Labute approximate surface area is 152 Å². The number of benzene rings is 2. The Morgan fingerprint density at radius 1 is 0.960 bits per heavy atom. The highest BCUT2D eigenvalue weighted by atomic mass is 32.2. The third-order valence-electron chi connectivity index (χ3n) is 3.44. The Morgan fingerprint density at radius 3 is 2.20 bits per heavy atom. The number of hydrogen-bond acceptors (Lipinski definition) is 5. The quantitative estimate of drug-likeness (QED) is 0.479. The predicted molar refractivity (Wildman–Crippen MR) is 100 cm³/mol. The summed E-state index contributed by atoms with van der Waals surface area (Å²) in [7, 11) is 0. The van der Waals surface area contributed by atoms with Gasteiger partial charge in [-0.15, -0.1) is 11.8 Å². The van der Waals surface area contributed by atoms with Crippen molar-refractivity contribution in [2.75, 3.05) is 12.4 Å². The van der Waals surface area contributed by atoms with Gasteiger partial charge in [-0.25, -0.2) is 0 Å². The molecule has 0 heterocycles. The molecule has 0 saturated heterocycles. The van der Waals surface area contributed by atoms with E-state index in [9.17, 15) is 9.59 Å². The van der Waals surface area contributed by atoms with E-state index >= 15 is 0 Å². The Bertz CT molecular complexity index is 683. The van der Waals surface area contributed by atoms with Crippen molar-refractivity contribution in [3.8, 4) is 11.5 Å². The van der Waals surface area contributed by atoms with Crippen LogP contribution < -0.4 is 4.74 Å². The van der Waals surface area contributed by atoms with Crippen LogP contribution in [0.25, 0.3) is 0 Å². The van der Waals surface area contributed by atoms with Gasteiger partial charge in [0.05, 0.1) is 6.61 Å². The number of hydrogen-bond donors (Lipinski definition) is 0. The van der Waals surface area contributed by atoms with Crippen molar-refractivity contribution < 1.29 is 19.1 Å². The van der Waals surface area contributed by atoms with Gasteiger partial charge in [-0.3, -0.25) is 9.59 Å². The molecule has 2 aromatic rings. The molecular formula is C20H22O4S. The van der Waals surface area contributed by atoms with E-state index in [-0.39, 0.29) is 18.2 Å². The Morgan fingerprint density at radius 2 is 1.60 bits per heavy atom. The van der Waals surface area contributed by atoms with E-state index in [1.165, 1.54) is 11.8 Å². The standard InChI is InChI=1S/C20H22O4S/c1-3-23-20(22)19(25-4-2)14-18(21)15-10-12-17(13-11-15)24-16-8-6-5-7-9-16/h5-13,19H,3-4,14H2,1-2H3. The van der Waals surface area contributed by atoms with Crippen LogP contribution in [0.1, 0.15) is 30.6 Å². The number of para-hydroxylation sites is 1. The van der Waals surface area contributed by atoms with E-state index < -0.39 is 5.25 Å². The van der Waals surface area contributed by atoms with Gasteiger partial charge >= 0.3 is 5.97 Å². The van der Waals surface area contributed by atoms with Crippen LogP contribution in [0.15, 0.2) is 54.6 Å². The average Bonchev–Trinajstić information content (AvgIpc) is 2.63. The minimum absolute atomic E-state index is 0.0785. The number of thioether (sulfide) groups is 1. The third-order valence-corrected chi connectivity index (χ3v) is 4.54. The summed E-state index contributed by atoms with van der Waals surface area (Å²) in [5.74, 6) is 1.74. The van der Waals surface area contributed by atoms with Crippen molar-refractivity contribution in [1.29, 1.82) is 0 Å². The van der Waals surface area contributed by atoms with Crippen molar-refractivity contribution in [3.05, 3.63) is 60.2 Å². The number of Topliss-reactive ketones (excluding diaryl/α,β-unsaturated/α-hetero) is 1. The van der Waals surface area contributed by atoms with Crippen molar-refractivity contribution in [2.24, 2.45) is 0 Å². The zero-order chi connectivity index (χ0) is 18.1. The summed E-state index contributed by atoms with van der Waals surface area (Å²) in [6, 6.07) is 16.4. The molecule has 2 aromatic carbocycles. The summed E-state index contributed by atoms with van der Waals surface area (Å²) in [6.45, 7) is 4.04. The second-order valence-corrected chi connectivity index (χ2v) is 6.74. The van der Waals surface area contributed by atoms with E-state index in [4.69, 9.17) is 9.47 Å². The molecule has 0 aliphatic rings. The second kappa shape index (κ2) is 9.89. The highest BCUT2D eigenvalue weighted by molar-refractivity contribution is 8.00. The summed E-state index contributed by atoms with van der Waals surface area (Å²) in [4.78, 5) is 24.4. The minimum Gasteiger partial charge on any atom is -0.465 e. The lowest BCUT2D eigenvalue weighted by Gasteiger charge is -2.13. The van der Waals surface area contributed by atoms with Crippen LogP contribution in [0.2, 0.25) is 0 Å². The fourth-order valence-electron chi connectivity index (χ4n) is 2.27. The van der Waals surface area contributed by atoms with E-state index in [0.717, 1.165) is 11.5 Å². The summed E-state index contributed by atoms with van der Waals surface area (Å²) in [6.07, 6.45) is 0.135. The average molecular weight is 358 g/mol. The van der Waals surface area contributed by atoms with Crippen LogP contribution in [0.4, 0.5) is 0 Å². The molecule has 0 N–H and O–H groups in total. The van der Waals surface area contributed by atoms with Gasteiger partial charge in [-0.2, -0.15) is 0 Å². The SMILES string of the molecule is CCOC(=O)C(CC(=O)c1ccc(Oc2ccccc2)cc1)SCC. The molecule has 2 rings (SSSR count). The maximum absolute atomic E-state index is 12.4. The van der Waals surface area contributed by atoms with Crippen molar-refractivity contribution >= 4 is 23.5 Å². The molecule has 0 aliphatic carbocycles. The molecule has 0 aliphatic heterocycles. The van der Waals surface area contributed by atoms with Gasteiger partial charge in [0.25, 0.3) is 0 Å². The van der Waals surface area contributed by atoms with Crippen LogP contribution in [0.5, 0.6) is 11.5 Å². The maximum atomic E-state index is 12.4. The topological polar surface area (TPSA) is 52.6 Å². The zero-order valence-corrected chi connectivity index (χ0v) is 15.3. The molecule has 0 saturated carbocycles. The number of carbonyl (C=O) groups is 2. The third kappa shape index (κ3) is 5.94. The van der Waals surface area contributed by atoms with Crippen LogP contribution in [0.3, 0.4) is 0 Å². The van der Waals surface area contributed by atoms with E-state index in [1.54, 1.807) is 31.2 Å². The normalized spacial score (nSPS) is 11.6. The van der Waals surface area contributed by atoms with Gasteiger partial charge < -0.3 is 9.47 Å². The summed E-state index contributed by atoms with van der Waals surface area (Å²) in [5.41, 5.74) is 0.561. The van der Waals surface area contributed by atoms with Crippen LogP contribution >= 0.6 is 11.8 Å². The molecule has 0 spiro atoms. The molecule has 1 unspecified atom stereocenters. The first-order chi connectivity index (χ1) is 12.1. The van der Waals surface area contributed by atoms with E-state index in [1.807, 2.05) is 37.3 Å². The molecule has 132 valence electrons. The van der Waals surface area contributed by atoms with Gasteiger partial charge in [-0.05, 0) is 49.1 Å². The lowest BCUT2D eigenvalue weighted by atomic mass is 10.1. The van der Waals surface area contributed by atoms with E-state index in [0.29, 0.717) is 17.9 Å². The first-order valence-electron chi connectivity index (χ1n) is 8.28. The Balaban J connectivity index is 2.00. The van der Waals surface area contributed by atoms with Crippen molar-refractivity contribution in [1.82, 2.24) is 0 Å². The second-order valence-electron chi connectivity index (χ2n) is 5.26. The van der Waals surface area contributed by atoms with Crippen LogP contribution in [-0.4, -0.2) is 29.4 Å².